The molecule has 110 valence electrons. The summed E-state index contributed by atoms with van der Waals surface area (Å²) >= 11 is 0. The highest BCUT2D eigenvalue weighted by atomic mass is 19.4. The van der Waals surface area contributed by atoms with Gasteiger partial charge in [-0.1, -0.05) is 30.3 Å². The molecule has 1 rings (SSSR count). The standard InChI is InChI=1S/C12H13F3N2O3/c1-11(9(18)19,12(13,14)15)17-10(20)16-7-8-5-3-2-4-6-8/h2-6H,7H2,1H3,(H,18,19)(H2,16,17,20). The highest BCUT2D eigenvalue weighted by molar-refractivity contribution is 5.86. The van der Waals surface area contributed by atoms with E-state index in [-0.39, 0.29) is 6.54 Å². The number of aliphatic carboxylic acids is 1. The largest absolute Gasteiger partial charge is 0.479 e. The minimum Gasteiger partial charge on any atom is -0.479 e. The van der Waals surface area contributed by atoms with E-state index in [0.29, 0.717) is 12.5 Å². The van der Waals surface area contributed by atoms with Gasteiger partial charge >= 0.3 is 18.2 Å². The molecule has 0 spiro atoms. The minimum atomic E-state index is -5.11. The maximum atomic E-state index is 12.7. The summed E-state index contributed by atoms with van der Waals surface area (Å²) in [5.74, 6) is -2.18. The highest BCUT2D eigenvalue weighted by Gasteiger charge is 2.58. The van der Waals surface area contributed by atoms with Crippen molar-refractivity contribution >= 4 is 12.0 Å². The van der Waals surface area contributed by atoms with Gasteiger partial charge in [-0.25, -0.2) is 9.59 Å². The van der Waals surface area contributed by atoms with Crippen LogP contribution in [0.15, 0.2) is 30.3 Å². The molecule has 20 heavy (non-hydrogen) atoms. The number of carboxylic acid groups (broad SMARTS) is 1. The molecule has 0 aliphatic heterocycles. The van der Waals surface area contributed by atoms with Crippen LogP contribution in [0.4, 0.5) is 18.0 Å². The van der Waals surface area contributed by atoms with Gasteiger partial charge < -0.3 is 15.7 Å². The number of hydrogen-bond acceptors (Lipinski definition) is 2. The topological polar surface area (TPSA) is 78.4 Å². The molecule has 0 aliphatic rings. The Morgan fingerprint density at radius 3 is 2.20 bits per heavy atom. The Kier molecular flexibility index (Phi) is 4.59. The molecule has 1 atom stereocenters. The lowest BCUT2D eigenvalue weighted by molar-refractivity contribution is -0.203. The third kappa shape index (κ3) is 3.62. The van der Waals surface area contributed by atoms with Crippen LogP contribution >= 0.6 is 0 Å². The van der Waals surface area contributed by atoms with E-state index in [0.717, 1.165) is 0 Å². The first-order valence-electron chi connectivity index (χ1n) is 5.57. The van der Waals surface area contributed by atoms with E-state index >= 15 is 0 Å². The molecule has 8 heteroatoms. The average Bonchev–Trinajstić information content (AvgIpc) is 2.36. The van der Waals surface area contributed by atoms with E-state index < -0.39 is 23.7 Å². The van der Waals surface area contributed by atoms with Crippen molar-refractivity contribution in [1.29, 1.82) is 0 Å². The Labute approximate surface area is 112 Å². The quantitative estimate of drug-likeness (QED) is 0.792. The van der Waals surface area contributed by atoms with Crippen molar-refractivity contribution < 1.29 is 27.9 Å². The number of urea groups is 1. The van der Waals surface area contributed by atoms with Crippen LogP contribution in [0.5, 0.6) is 0 Å². The monoisotopic (exact) mass is 290 g/mol. The zero-order valence-corrected chi connectivity index (χ0v) is 10.5. The molecular weight excluding hydrogens is 277 g/mol. The Balaban J connectivity index is 2.67. The molecule has 0 fully saturated rings. The van der Waals surface area contributed by atoms with Crippen LogP contribution < -0.4 is 10.6 Å². The molecule has 0 radical (unpaired) electrons. The molecule has 3 N–H and O–H groups in total. The molecule has 0 saturated carbocycles. The number of carboxylic acids is 1. The average molecular weight is 290 g/mol. The zero-order chi connectivity index (χ0) is 15.4. The lowest BCUT2D eigenvalue weighted by Gasteiger charge is -2.28. The molecule has 0 saturated heterocycles. The summed E-state index contributed by atoms with van der Waals surface area (Å²) < 4.78 is 38.0. The fourth-order valence-electron chi connectivity index (χ4n) is 1.30. The lowest BCUT2D eigenvalue weighted by atomic mass is 10.0. The van der Waals surface area contributed by atoms with Gasteiger partial charge in [0.15, 0.2) is 0 Å². The Hall–Kier alpha value is -2.25. The van der Waals surface area contributed by atoms with E-state index in [2.05, 4.69) is 5.32 Å². The van der Waals surface area contributed by atoms with Gasteiger partial charge in [-0.3, -0.25) is 0 Å². The first-order valence-corrected chi connectivity index (χ1v) is 5.57. The molecule has 0 aromatic heterocycles. The van der Waals surface area contributed by atoms with Crippen molar-refractivity contribution in [3.8, 4) is 0 Å². The number of benzene rings is 1. The van der Waals surface area contributed by atoms with Crippen molar-refractivity contribution in [3.63, 3.8) is 0 Å². The Morgan fingerprint density at radius 1 is 1.20 bits per heavy atom. The van der Waals surface area contributed by atoms with E-state index in [9.17, 15) is 22.8 Å². The zero-order valence-electron chi connectivity index (χ0n) is 10.5. The summed E-state index contributed by atoms with van der Waals surface area (Å²) in [4.78, 5) is 22.1. The summed E-state index contributed by atoms with van der Waals surface area (Å²) in [7, 11) is 0. The fraction of sp³-hybridized carbons (Fsp3) is 0.333. The normalized spacial score (nSPS) is 14.2. The lowest BCUT2D eigenvalue weighted by Crippen LogP contribution is -2.63. The van der Waals surface area contributed by atoms with Crippen LogP contribution in [-0.4, -0.2) is 28.8 Å². The van der Waals surface area contributed by atoms with E-state index in [1.807, 2.05) is 0 Å². The van der Waals surface area contributed by atoms with Gasteiger partial charge in [0.05, 0.1) is 0 Å². The molecule has 5 nitrogen and oxygen atoms in total. The first kappa shape index (κ1) is 15.8. The van der Waals surface area contributed by atoms with E-state index in [4.69, 9.17) is 5.11 Å². The van der Waals surface area contributed by atoms with Crippen LogP contribution in [-0.2, 0) is 11.3 Å². The molecule has 0 heterocycles. The van der Waals surface area contributed by atoms with Gasteiger partial charge in [0.2, 0.25) is 5.54 Å². The number of hydrogen-bond donors (Lipinski definition) is 3. The molecule has 0 aliphatic carbocycles. The first-order chi connectivity index (χ1) is 9.17. The fourth-order valence-corrected chi connectivity index (χ4v) is 1.30. The van der Waals surface area contributed by atoms with Crippen molar-refractivity contribution in [2.24, 2.45) is 0 Å². The van der Waals surface area contributed by atoms with Crippen LogP contribution in [0.25, 0.3) is 0 Å². The van der Waals surface area contributed by atoms with Crippen LogP contribution in [0.2, 0.25) is 0 Å². The second-order valence-corrected chi connectivity index (χ2v) is 4.22. The third-order valence-corrected chi connectivity index (χ3v) is 2.65. The maximum absolute atomic E-state index is 12.7. The van der Waals surface area contributed by atoms with Crippen LogP contribution in [0.1, 0.15) is 12.5 Å². The predicted molar refractivity (Wildman–Crippen MR) is 63.9 cm³/mol. The van der Waals surface area contributed by atoms with E-state index in [1.54, 1.807) is 30.3 Å². The SMILES string of the molecule is CC(NC(=O)NCc1ccccc1)(C(=O)O)C(F)(F)F. The maximum Gasteiger partial charge on any atom is 0.422 e. The molecule has 1 unspecified atom stereocenters. The molecule has 1 aromatic rings. The number of amides is 2. The van der Waals surface area contributed by atoms with Crippen molar-refractivity contribution in [2.45, 2.75) is 25.2 Å². The Morgan fingerprint density at radius 2 is 1.75 bits per heavy atom. The molecule has 2 amide bonds. The highest BCUT2D eigenvalue weighted by Crippen LogP contribution is 2.30. The van der Waals surface area contributed by atoms with Crippen LogP contribution in [0.3, 0.4) is 0 Å². The van der Waals surface area contributed by atoms with Gasteiger partial charge in [-0.2, -0.15) is 13.2 Å². The third-order valence-electron chi connectivity index (χ3n) is 2.65. The predicted octanol–water partition coefficient (Wildman–Crippen LogP) is 1.89. The second-order valence-electron chi connectivity index (χ2n) is 4.22. The summed E-state index contributed by atoms with van der Waals surface area (Å²) in [6, 6.07) is 7.27. The van der Waals surface area contributed by atoms with Crippen LogP contribution in [0, 0.1) is 0 Å². The molecular formula is C12H13F3N2O3. The van der Waals surface area contributed by atoms with E-state index in [1.165, 1.54) is 5.32 Å². The summed E-state index contributed by atoms with van der Waals surface area (Å²) in [5, 5.41) is 12.2. The molecule has 0 bridgehead atoms. The van der Waals surface area contributed by atoms with Gasteiger partial charge in [-0.05, 0) is 12.5 Å². The number of carbonyl (C=O) groups excluding carboxylic acids is 1. The number of carbonyl (C=O) groups is 2. The number of alkyl halides is 3. The van der Waals surface area contributed by atoms with Crippen molar-refractivity contribution in [1.82, 2.24) is 10.6 Å². The van der Waals surface area contributed by atoms with Gasteiger partial charge in [0.1, 0.15) is 0 Å². The smallest absolute Gasteiger partial charge is 0.422 e. The minimum absolute atomic E-state index is 0.0137. The summed E-state index contributed by atoms with van der Waals surface area (Å²) in [6.07, 6.45) is -5.11. The van der Waals surface area contributed by atoms with Crippen molar-refractivity contribution in [3.05, 3.63) is 35.9 Å². The summed E-state index contributed by atoms with van der Waals surface area (Å²) in [6.45, 7) is 0.373. The second kappa shape index (κ2) is 5.81. The van der Waals surface area contributed by atoms with Gasteiger partial charge in [-0.15, -0.1) is 0 Å². The van der Waals surface area contributed by atoms with Gasteiger partial charge in [0.25, 0.3) is 0 Å². The molecule has 1 aromatic carbocycles. The Bertz CT molecular complexity index is 490. The summed E-state index contributed by atoms with van der Waals surface area (Å²) in [5.41, 5.74) is -2.67. The number of nitrogens with one attached hydrogen (secondary N) is 2. The number of rotatable bonds is 4. The van der Waals surface area contributed by atoms with Crippen molar-refractivity contribution in [2.75, 3.05) is 0 Å². The van der Waals surface area contributed by atoms with Gasteiger partial charge in [0, 0.05) is 6.54 Å². The number of halogens is 3.